The summed E-state index contributed by atoms with van der Waals surface area (Å²) in [5, 5.41) is 0.329. The van der Waals surface area contributed by atoms with Crippen LogP contribution in [0.15, 0.2) is 23.5 Å². The fourth-order valence-electron chi connectivity index (χ4n) is 3.01. The van der Waals surface area contributed by atoms with Crippen LogP contribution in [-0.4, -0.2) is 34.2 Å². The van der Waals surface area contributed by atoms with E-state index < -0.39 is 5.97 Å². The molecule has 0 saturated carbocycles. The molecular weight excluding hydrogens is 372 g/mol. The van der Waals surface area contributed by atoms with Crippen molar-refractivity contribution < 1.29 is 14.3 Å². The van der Waals surface area contributed by atoms with Crippen molar-refractivity contribution in [3.05, 3.63) is 24.0 Å². The molecule has 0 bridgehead atoms. The number of allylic oxidation sites excluding steroid dienone is 1. The Bertz CT molecular complexity index is 599. The van der Waals surface area contributed by atoms with E-state index in [-0.39, 0.29) is 5.25 Å². The van der Waals surface area contributed by atoms with E-state index in [2.05, 4.69) is 18.0 Å². The van der Waals surface area contributed by atoms with E-state index >= 15 is 0 Å². The minimum atomic E-state index is -0.430. The zero-order valence-electron chi connectivity index (χ0n) is 17.7. The van der Waals surface area contributed by atoms with Crippen molar-refractivity contribution in [2.24, 2.45) is 7.05 Å². The summed E-state index contributed by atoms with van der Waals surface area (Å²) in [7, 11) is 3.09. The quantitative estimate of drug-likeness (QED) is 0.115. The highest BCUT2D eigenvalue weighted by Crippen LogP contribution is 2.23. The molecule has 0 amide bonds. The van der Waals surface area contributed by atoms with Crippen molar-refractivity contribution >= 4 is 24.0 Å². The molecule has 0 N–H and O–H groups in total. The maximum Gasteiger partial charge on any atom is 0.356 e. The summed E-state index contributed by atoms with van der Waals surface area (Å²) >= 11 is 1.34. The van der Waals surface area contributed by atoms with Crippen molar-refractivity contribution in [2.75, 3.05) is 7.11 Å². The number of hydrogen-bond acceptors (Lipinski definition) is 5. The van der Waals surface area contributed by atoms with Gasteiger partial charge in [0, 0.05) is 7.05 Å². The Hall–Kier alpha value is -1.56. The van der Waals surface area contributed by atoms with Crippen LogP contribution in [0, 0.1) is 0 Å². The Kier molecular flexibility index (Phi) is 13.4. The molecule has 1 aromatic heterocycles. The number of aromatic nitrogens is 2. The molecule has 0 aromatic carbocycles. The molecule has 5 nitrogen and oxygen atoms in total. The molecular formula is C22H36N2O3S. The SMILES string of the molecule is CCCCCCCCCCCC/C=C\C(C=O)Sc1ncc(C(=O)OC)n1C. The number of hydrogen-bond donors (Lipinski definition) is 0. The first-order chi connectivity index (χ1) is 13.6. The van der Waals surface area contributed by atoms with Crippen molar-refractivity contribution in [1.29, 1.82) is 0 Å². The Labute approximate surface area is 174 Å². The molecule has 1 unspecified atom stereocenters. The lowest BCUT2D eigenvalue weighted by atomic mass is 10.1. The summed E-state index contributed by atoms with van der Waals surface area (Å²) in [5.41, 5.74) is 0.379. The Morgan fingerprint density at radius 2 is 1.75 bits per heavy atom. The number of rotatable bonds is 16. The summed E-state index contributed by atoms with van der Waals surface area (Å²) in [6.45, 7) is 2.25. The van der Waals surface area contributed by atoms with Crippen LogP contribution in [-0.2, 0) is 16.6 Å². The van der Waals surface area contributed by atoms with Gasteiger partial charge in [-0.15, -0.1) is 0 Å². The molecule has 1 heterocycles. The zero-order valence-corrected chi connectivity index (χ0v) is 18.5. The Morgan fingerprint density at radius 3 is 2.32 bits per heavy atom. The van der Waals surface area contributed by atoms with Gasteiger partial charge in [0.15, 0.2) is 5.16 Å². The van der Waals surface area contributed by atoms with Crippen molar-refractivity contribution in [1.82, 2.24) is 9.55 Å². The predicted molar refractivity (Wildman–Crippen MR) is 116 cm³/mol. The van der Waals surface area contributed by atoms with Crippen LogP contribution in [0.4, 0.5) is 0 Å². The van der Waals surface area contributed by atoms with Gasteiger partial charge in [-0.25, -0.2) is 9.78 Å². The number of carbonyl (C=O) groups is 2. The van der Waals surface area contributed by atoms with Crippen LogP contribution < -0.4 is 0 Å². The molecule has 1 aromatic rings. The molecule has 0 aliphatic carbocycles. The normalized spacial score (nSPS) is 12.4. The van der Waals surface area contributed by atoms with Crippen molar-refractivity contribution in [2.45, 2.75) is 88.0 Å². The number of esters is 1. The van der Waals surface area contributed by atoms with Gasteiger partial charge in [0.2, 0.25) is 0 Å². The molecule has 158 valence electrons. The second-order valence-electron chi connectivity index (χ2n) is 7.09. The topological polar surface area (TPSA) is 61.2 Å². The largest absolute Gasteiger partial charge is 0.464 e. The third-order valence-corrected chi connectivity index (χ3v) is 5.90. The number of aldehydes is 1. The molecule has 28 heavy (non-hydrogen) atoms. The maximum atomic E-state index is 11.6. The third-order valence-electron chi connectivity index (χ3n) is 4.77. The molecule has 0 radical (unpaired) electrons. The van der Waals surface area contributed by atoms with Crippen LogP contribution in [0.5, 0.6) is 0 Å². The second-order valence-corrected chi connectivity index (χ2v) is 8.24. The maximum absolute atomic E-state index is 11.6. The number of ether oxygens (including phenoxy) is 1. The van der Waals surface area contributed by atoms with Gasteiger partial charge in [-0.3, -0.25) is 0 Å². The van der Waals surface area contributed by atoms with E-state index in [1.165, 1.54) is 82.9 Å². The first-order valence-electron chi connectivity index (χ1n) is 10.5. The number of carbonyl (C=O) groups excluding carboxylic acids is 2. The van der Waals surface area contributed by atoms with Gasteiger partial charge >= 0.3 is 5.97 Å². The van der Waals surface area contributed by atoms with Gasteiger partial charge in [0.25, 0.3) is 0 Å². The Morgan fingerprint density at radius 1 is 1.14 bits per heavy atom. The number of methoxy groups -OCH3 is 1. The molecule has 0 aliphatic rings. The van der Waals surface area contributed by atoms with Crippen LogP contribution in [0.2, 0.25) is 0 Å². The summed E-state index contributed by atoms with van der Waals surface area (Å²) in [4.78, 5) is 27.2. The fraction of sp³-hybridized carbons (Fsp3) is 0.682. The zero-order chi connectivity index (χ0) is 20.6. The van der Waals surface area contributed by atoms with Gasteiger partial charge in [-0.05, 0) is 12.8 Å². The summed E-state index contributed by atoms with van der Waals surface area (Å²) in [6, 6.07) is 0. The predicted octanol–water partition coefficient (Wildman–Crippen LogP) is 5.73. The average Bonchev–Trinajstić information content (AvgIpc) is 3.07. The highest BCUT2D eigenvalue weighted by atomic mass is 32.2. The minimum absolute atomic E-state index is 0.297. The van der Waals surface area contributed by atoms with Gasteiger partial charge in [-0.1, -0.05) is 88.6 Å². The van der Waals surface area contributed by atoms with Crippen LogP contribution in [0.25, 0.3) is 0 Å². The number of nitrogens with zero attached hydrogens (tertiary/aromatic N) is 2. The monoisotopic (exact) mass is 408 g/mol. The highest BCUT2D eigenvalue weighted by Gasteiger charge is 2.16. The Balaban J connectivity index is 2.20. The molecule has 6 heteroatoms. The van der Waals surface area contributed by atoms with Crippen molar-refractivity contribution in [3.63, 3.8) is 0 Å². The van der Waals surface area contributed by atoms with Gasteiger partial charge < -0.3 is 14.1 Å². The average molecular weight is 409 g/mol. The van der Waals surface area contributed by atoms with Gasteiger partial charge in [0.1, 0.15) is 12.0 Å². The smallest absolute Gasteiger partial charge is 0.356 e. The summed E-state index contributed by atoms with van der Waals surface area (Å²) in [6.07, 6.45) is 20.6. The molecule has 1 rings (SSSR count). The summed E-state index contributed by atoms with van der Waals surface area (Å²) in [5.74, 6) is -0.430. The molecule has 1 atom stereocenters. The van der Waals surface area contributed by atoms with E-state index in [1.54, 1.807) is 11.6 Å². The van der Waals surface area contributed by atoms with E-state index in [4.69, 9.17) is 4.74 Å². The molecule has 0 fully saturated rings. The van der Waals surface area contributed by atoms with E-state index in [1.807, 2.05) is 6.08 Å². The van der Waals surface area contributed by atoms with E-state index in [9.17, 15) is 9.59 Å². The number of thioether (sulfide) groups is 1. The molecule has 0 spiro atoms. The lowest BCUT2D eigenvalue weighted by Crippen LogP contribution is -2.09. The second kappa shape index (κ2) is 15.4. The fourth-order valence-corrected chi connectivity index (χ4v) is 3.87. The van der Waals surface area contributed by atoms with Crippen molar-refractivity contribution in [3.8, 4) is 0 Å². The lowest BCUT2D eigenvalue weighted by molar-refractivity contribution is -0.106. The molecule has 0 aliphatic heterocycles. The van der Waals surface area contributed by atoms with Crippen LogP contribution >= 0.6 is 11.8 Å². The first-order valence-corrected chi connectivity index (χ1v) is 11.4. The summed E-state index contributed by atoms with van der Waals surface area (Å²) < 4.78 is 6.37. The lowest BCUT2D eigenvalue weighted by Gasteiger charge is -2.06. The van der Waals surface area contributed by atoms with E-state index in [0.29, 0.717) is 10.9 Å². The molecule has 0 saturated heterocycles. The van der Waals surface area contributed by atoms with Gasteiger partial charge in [-0.2, -0.15) is 0 Å². The minimum Gasteiger partial charge on any atom is -0.464 e. The number of imidazole rings is 1. The standard InChI is InChI=1S/C22H36N2O3S/c1-4-5-6-7-8-9-10-11-12-13-14-15-16-19(18-25)28-22-23-17-20(24(22)2)21(26)27-3/h15-19H,4-14H2,1-3H3/b16-15-. The highest BCUT2D eigenvalue weighted by molar-refractivity contribution is 8.00. The van der Waals surface area contributed by atoms with Gasteiger partial charge in [0.05, 0.1) is 18.6 Å². The van der Waals surface area contributed by atoms with Crippen LogP contribution in [0.3, 0.4) is 0 Å². The number of unbranched alkanes of at least 4 members (excludes halogenated alkanes) is 10. The van der Waals surface area contributed by atoms with Crippen LogP contribution in [0.1, 0.15) is 88.0 Å². The first kappa shape index (κ1) is 24.5. The van der Waals surface area contributed by atoms with E-state index in [0.717, 1.165) is 19.1 Å². The third kappa shape index (κ3) is 9.58.